The maximum Gasteiger partial charge on any atom is 0.332 e. The molecular formula is C13H17BrN4O4. The lowest BCUT2D eigenvalue weighted by molar-refractivity contribution is 0.0399. The molecule has 2 aromatic rings. The largest absolute Gasteiger partial charge is 0.389 e. The molecule has 0 saturated heterocycles. The lowest BCUT2D eigenvalue weighted by Gasteiger charge is -2.13. The van der Waals surface area contributed by atoms with Crippen molar-refractivity contribution in [2.45, 2.75) is 12.6 Å². The second-order valence-corrected chi connectivity index (χ2v) is 5.56. The van der Waals surface area contributed by atoms with E-state index >= 15 is 0 Å². The zero-order valence-electron chi connectivity index (χ0n) is 12.3. The van der Waals surface area contributed by atoms with E-state index in [1.807, 2.05) is 0 Å². The average molecular weight is 373 g/mol. The summed E-state index contributed by atoms with van der Waals surface area (Å²) in [5.41, 5.74) is -0.404. The van der Waals surface area contributed by atoms with Crippen molar-refractivity contribution in [2.75, 3.05) is 13.2 Å². The highest BCUT2D eigenvalue weighted by molar-refractivity contribution is 9.10. The molecule has 0 aliphatic rings. The maximum atomic E-state index is 12.3. The van der Waals surface area contributed by atoms with Crippen LogP contribution in [0.2, 0.25) is 0 Å². The fourth-order valence-electron chi connectivity index (χ4n) is 2.14. The topological polar surface area (TPSA) is 91.3 Å². The third kappa shape index (κ3) is 2.92. The molecule has 0 spiro atoms. The Morgan fingerprint density at radius 2 is 2.09 bits per heavy atom. The number of ether oxygens (including phenoxy) is 1. The van der Waals surface area contributed by atoms with E-state index in [0.29, 0.717) is 11.3 Å². The van der Waals surface area contributed by atoms with Crippen molar-refractivity contribution in [3.8, 4) is 0 Å². The fraction of sp³-hybridized carbons (Fsp3) is 0.462. The molecule has 2 heterocycles. The molecule has 2 aromatic heterocycles. The van der Waals surface area contributed by atoms with Crippen molar-refractivity contribution in [3.63, 3.8) is 0 Å². The van der Waals surface area contributed by atoms with Crippen LogP contribution in [0.15, 0.2) is 27.0 Å². The molecule has 0 aliphatic heterocycles. The first-order valence-electron chi connectivity index (χ1n) is 6.57. The highest BCUT2D eigenvalue weighted by Crippen LogP contribution is 2.16. The summed E-state index contributed by atoms with van der Waals surface area (Å²) >= 11 is 3.26. The van der Waals surface area contributed by atoms with Gasteiger partial charge in [0.25, 0.3) is 5.56 Å². The van der Waals surface area contributed by atoms with Gasteiger partial charge in [-0.1, -0.05) is 6.08 Å². The minimum absolute atomic E-state index is 0.101. The van der Waals surface area contributed by atoms with Crippen LogP contribution in [-0.2, 0) is 25.4 Å². The van der Waals surface area contributed by atoms with E-state index in [-0.39, 0.29) is 24.3 Å². The van der Waals surface area contributed by atoms with E-state index in [2.05, 4.69) is 27.5 Å². The number of fused-ring (bicyclic) bond motifs is 1. The van der Waals surface area contributed by atoms with Crippen LogP contribution in [0.25, 0.3) is 11.2 Å². The molecule has 1 atom stereocenters. The molecule has 0 radical (unpaired) electrons. The van der Waals surface area contributed by atoms with Crippen molar-refractivity contribution >= 4 is 27.1 Å². The molecule has 22 heavy (non-hydrogen) atoms. The predicted molar refractivity (Wildman–Crippen MR) is 84.9 cm³/mol. The van der Waals surface area contributed by atoms with E-state index in [4.69, 9.17) is 4.74 Å². The van der Waals surface area contributed by atoms with Crippen LogP contribution >= 0.6 is 15.9 Å². The van der Waals surface area contributed by atoms with Gasteiger partial charge in [0.15, 0.2) is 15.9 Å². The Morgan fingerprint density at radius 3 is 2.73 bits per heavy atom. The fourth-order valence-corrected chi connectivity index (χ4v) is 2.63. The van der Waals surface area contributed by atoms with E-state index in [9.17, 15) is 14.7 Å². The summed E-state index contributed by atoms with van der Waals surface area (Å²) in [5.74, 6) is 0. The second-order valence-electron chi connectivity index (χ2n) is 4.85. The summed E-state index contributed by atoms with van der Waals surface area (Å²) < 4.78 is 9.38. The Kier molecular flexibility index (Phi) is 4.99. The number of rotatable bonds is 6. The van der Waals surface area contributed by atoms with Crippen LogP contribution in [-0.4, -0.2) is 43.1 Å². The molecule has 0 aliphatic carbocycles. The average Bonchev–Trinajstić information content (AvgIpc) is 2.80. The maximum absolute atomic E-state index is 12.3. The minimum Gasteiger partial charge on any atom is -0.389 e. The number of hydrogen-bond acceptors (Lipinski definition) is 5. The van der Waals surface area contributed by atoms with Crippen LogP contribution in [0.3, 0.4) is 0 Å². The highest BCUT2D eigenvalue weighted by atomic mass is 79.9. The van der Waals surface area contributed by atoms with Gasteiger partial charge in [0.2, 0.25) is 0 Å². The van der Waals surface area contributed by atoms with Crippen molar-refractivity contribution in [1.29, 1.82) is 0 Å². The number of aromatic nitrogens is 4. The lowest BCUT2D eigenvalue weighted by Crippen LogP contribution is -2.38. The number of aryl methyl sites for hydroxylation is 1. The van der Waals surface area contributed by atoms with Crippen LogP contribution in [0, 0.1) is 0 Å². The van der Waals surface area contributed by atoms with Gasteiger partial charge in [0, 0.05) is 14.1 Å². The van der Waals surface area contributed by atoms with Crippen molar-refractivity contribution in [2.24, 2.45) is 14.1 Å². The van der Waals surface area contributed by atoms with E-state index in [1.165, 1.54) is 23.2 Å². The van der Waals surface area contributed by atoms with Gasteiger partial charge in [-0.3, -0.25) is 13.9 Å². The van der Waals surface area contributed by atoms with Crippen LogP contribution in [0.5, 0.6) is 0 Å². The Labute approximate surface area is 134 Å². The number of hydrogen-bond donors (Lipinski definition) is 1. The monoisotopic (exact) mass is 372 g/mol. The Hall–Kier alpha value is -1.71. The summed E-state index contributed by atoms with van der Waals surface area (Å²) in [6.45, 7) is 4.07. The van der Waals surface area contributed by atoms with E-state index in [1.54, 1.807) is 6.08 Å². The molecule has 120 valence electrons. The zero-order chi connectivity index (χ0) is 16.4. The zero-order valence-corrected chi connectivity index (χ0v) is 13.9. The van der Waals surface area contributed by atoms with Gasteiger partial charge in [-0.15, -0.1) is 6.58 Å². The van der Waals surface area contributed by atoms with Gasteiger partial charge in [0.1, 0.15) is 0 Å². The summed E-state index contributed by atoms with van der Waals surface area (Å²) in [6, 6.07) is 0. The predicted octanol–water partition coefficient (Wildman–Crippen LogP) is -0.240. The molecular weight excluding hydrogens is 356 g/mol. The summed E-state index contributed by atoms with van der Waals surface area (Å²) in [6.07, 6.45) is 0.761. The third-order valence-corrected chi connectivity index (χ3v) is 3.85. The number of aliphatic hydroxyl groups is 1. The SMILES string of the molecule is C=CCOC[C@@H](O)Cn1c(Br)nc2c1c(=O)n(C)c(=O)n2C. The third-order valence-electron chi connectivity index (χ3n) is 3.24. The molecule has 0 saturated carbocycles. The van der Waals surface area contributed by atoms with Gasteiger partial charge in [0.05, 0.1) is 25.9 Å². The first-order valence-corrected chi connectivity index (χ1v) is 7.36. The van der Waals surface area contributed by atoms with Gasteiger partial charge in [-0.05, 0) is 15.9 Å². The van der Waals surface area contributed by atoms with Crippen LogP contribution in [0.1, 0.15) is 0 Å². The van der Waals surface area contributed by atoms with Crippen molar-refractivity contribution in [3.05, 3.63) is 38.2 Å². The van der Waals surface area contributed by atoms with Crippen LogP contribution < -0.4 is 11.2 Å². The molecule has 0 fully saturated rings. The van der Waals surface area contributed by atoms with Gasteiger partial charge < -0.3 is 14.4 Å². The Balaban J connectivity index is 2.47. The summed E-state index contributed by atoms with van der Waals surface area (Å²) in [7, 11) is 2.94. The normalized spacial score (nSPS) is 12.7. The first kappa shape index (κ1) is 16.7. The molecule has 2 rings (SSSR count). The lowest BCUT2D eigenvalue weighted by atomic mass is 10.3. The smallest absolute Gasteiger partial charge is 0.332 e. The summed E-state index contributed by atoms with van der Waals surface area (Å²) in [4.78, 5) is 28.4. The highest BCUT2D eigenvalue weighted by Gasteiger charge is 2.19. The van der Waals surface area contributed by atoms with E-state index in [0.717, 1.165) is 4.57 Å². The second kappa shape index (κ2) is 6.59. The number of aliphatic hydroxyl groups excluding tert-OH is 1. The van der Waals surface area contributed by atoms with E-state index < -0.39 is 17.4 Å². The number of halogens is 1. The van der Waals surface area contributed by atoms with Gasteiger partial charge >= 0.3 is 5.69 Å². The van der Waals surface area contributed by atoms with Crippen LogP contribution in [0.4, 0.5) is 0 Å². The molecule has 9 heteroatoms. The molecule has 0 unspecified atom stereocenters. The number of imidazole rings is 1. The first-order chi connectivity index (χ1) is 10.4. The minimum atomic E-state index is -0.824. The Morgan fingerprint density at radius 1 is 1.41 bits per heavy atom. The standard InChI is InChI=1S/C13H17BrN4O4/c1-4-5-22-7-8(19)6-18-9-10(15-12(18)14)16(2)13(21)17(3)11(9)20/h4,8,19H,1,5-7H2,2-3H3/t8-/m0/s1. The Bertz CT molecular complexity index is 820. The van der Waals surface area contributed by atoms with Crippen molar-refractivity contribution in [1.82, 2.24) is 18.7 Å². The summed E-state index contributed by atoms with van der Waals surface area (Å²) in [5, 5.41) is 10.0. The molecule has 0 amide bonds. The molecule has 0 bridgehead atoms. The van der Waals surface area contributed by atoms with Crippen molar-refractivity contribution < 1.29 is 9.84 Å². The quantitative estimate of drug-likeness (QED) is 0.429. The molecule has 8 nitrogen and oxygen atoms in total. The molecule has 1 N–H and O–H groups in total. The van der Waals surface area contributed by atoms with Gasteiger partial charge in [-0.25, -0.2) is 9.78 Å². The van der Waals surface area contributed by atoms with Gasteiger partial charge in [-0.2, -0.15) is 0 Å². The number of nitrogens with zero attached hydrogens (tertiary/aromatic N) is 4. The molecule has 0 aromatic carbocycles.